The standard InChI is InChI=1S/C20H30N4OS/c1-6-15(4)25-19-10-14(3)8-9-17(19)11-23-20(21-7-2)24-13-18-12-22-16(5)26-18/h8-10,12,15H,6-7,11,13H2,1-5H3,(H2,21,23,24). The van der Waals surface area contributed by atoms with E-state index in [1.807, 2.05) is 13.1 Å². The van der Waals surface area contributed by atoms with Gasteiger partial charge in [0.05, 0.1) is 24.2 Å². The lowest BCUT2D eigenvalue weighted by molar-refractivity contribution is 0.215. The summed E-state index contributed by atoms with van der Waals surface area (Å²) in [5, 5.41) is 7.75. The van der Waals surface area contributed by atoms with Gasteiger partial charge in [-0.3, -0.25) is 0 Å². The third kappa shape index (κ3) is 6.33. The monoisotopic (exact) mass is 374 g/mol. The lowest BCUT2D eigenvalue weighted by atomic mass is 10.1. The summed E-state index contributed by atoms with van der Waals surface area (Å²) in [4.78, 5) is 10.2. The van der Waals surface area contributed by atoms with E-state index in [0.29, 0.717) is 6.54 Å². The first-order chi connectivity index (χ1) is 12.5. The van der Waals surface area contributed by atoms with E-state index in [9.17, 15) is 0 Å². The zero-order chi connectivity index (χ0) is 18.9. The average Bonchev–Trinajstić information content (AvgIpc) is 3.04. The number of ether oxygens (including phenoxy) is 1. The van der Waals surface area contributed by atoms with Gasteiger partial charge in [0.1, 0.15) is 5.75 Å². The molecule has 0 fully saturated rings. The van der Waals surface area contributed by atoms with Crippen molar-refractivity contribution >= 4 is 17.3 Å². The summed E-state index contributed by atoms with van der Waals surface area (Å²) in [6.45, 7) is 12.5. The van der Waals surface area contributed by atoms with Crippen LogP contribution >= 0.6 is 11.3 Å². The van der Waals surface area contributed by atoms with E-state index in [1.54, 1.807) is 11.3 Å². The van der Waals surface area contributed by atoms with Crippen LogP contribution in [0.1, 0.15) is 48.2 Å². The molecule has 2 aromatic rings. The van der Waals surface area contributed by atoms with Crippen LogP contribution in [0.4, 0.5) is 0 Å². The molecule has 0 aliphatic carbocycles. The highest BCUT2D eigenvalue weighted by Crippen LogP contribution is 2.23. The van der Waals surface area contributed by atoms with Crippen LogP contribution in [0.15, 0.2) is 29.4 Å². The zero-order valence-corrected chi connectivity index (χ0v) is 17.2. The number of hydrogen-bond donors (Lipinski definition) is 2. The molecule has 0 spiro atoms. The van der Waals surface area contributed by atoms with Crippen molar-refractivity contribution in [1.29, 1.82) is 0 Å². The van der Waals surface area contributed by atoms with Gasteiger partial charge in [-0.2, -0.15) is 0 Å². The van der Waals surface area contributed by atoms with Gasteiger partial charge in [-0.1, -0.05) is 19.1 Å². The highest BCUT2D eigenvalue weighted by molar-refractivity contribution is 7.11. The fourth-order valence-electron chi connectivity index (χ4n) is 2.37. The predicted octanol–water partition coefficient (Wildman–Crippen LogP) is 4.19. The van der Waals surface area contributed by atoms with Crippen LogP contribution in [0, 0.1) is 13.8 Å². The van der Waals surface area contributed by atoms with Gasteiger partial charge in [-0.15, -0.1) is 11.3 Å². The van der Waals surface area contributed by atoms with Gasteiger partial charge in [-0.05, 0) is 45.7 Å². The minimum absolute atomic E-state index is 0.195. The highest BCUT2D eigenvalue weighted by atomic mass is 32.1. The molecule has 1 unspecified atom stereocenters. The van der Waals surface area contributed by atoms with Gasteiger partial charge < -0.3 is 15.4 Å². The van der Waals surface area contributed by atoms with Crippen molar-refractivity contribution in [3.63, 3.8) is 0 Å². The number of benzene rings is 1. The first-order valence-corrected chi connectivity index (χ1v) is 10.0. The van der Waals surface area contributed by atoms with E-state index in [-0.39, 0.29) is 6.10 Å². The van der Waals surface area contributed by atoms with Crippen LogP contribution in [-0.4, -0.2) is 23.6 Å². The number of aliphatic imine (C=N–C) groups is 1. The second kappa shape index (κ2) is 10.2. The van der Waals surface area contributed by atoms with Crippen molar-refractivity contribution in [2.45, 2.75) is 60.2 Å². The number of guanidine groups is 1. The second-order valence-corrected chi connectivity index (χ2v) is 7.66. The molecule has 2 rings (SSSR count). The largest absolute Gasteiger partial charge is 0.490 e. The summed E-state index contributed by atoms with van der Waals surface area (Å²) in [7, 11) is 0. The van der Waals surface area contributed by atoms with E-state index < -0.39 is 0 Å². The summed E-state index contributed by atoms with van der Waals surface area (Å²) >= 11 is 1.70. The summed E-state index contributed by atoms with van der Waals surface area (Å²) < 4.78 is 6.08. The molecule has 0 aliphatic heterocycles. The highest BCUT2D eigenvalue weighted by Gasteiger charge is 2.08. The summed E-state index contributed by atoms with van der Waals surface area (Å²) in [6.07, 6.45) is 3.09. The maximum atomic E-state index is 6.08. The molecule has 0 bridgehead atoms. The van der Waals surface area contributed by atoms with E-state index in [4.69, 9.17) is 9.73 Å². The van der Waals surface area contributed by atoms with Crippen molar-refractivity contribution in [1.82, 2.24) is 15.6 Å². The molecular formula is C20H30N4OS. The molecule has 0 aliphatic rings. The Balaban J connectivity index is 2.07. The second-order valence-electron chi connectivity index (χ2n) is 6.34. The third-order valence-corrected chi connectivity index (χ3v) is 4.89. The fourth-order valence-corrected chi connectivity index (χ4v) is 3.10. The van der Waals surface area contributed by atoms with E-state index in [0.717, 1.165) is 41.8 Å². The van der Waals surface area contributed by atoms with Gasteiger partial charge >= 0.3 is 0 Å². The molecule has 142 valence electrons. The lowest BCUT2D eigenvalue weighted by Crippen LogP contribution is -2.36. The Morgan fingerprint density at radius 1 is 1.27 bits per heavy atom. The summed E-state index contributed by atoms with van der Waals surface area (Å²) in [5.74, 6) is 1.73. The van der Waals surface area contributed by atoms with Gasteiger partial charge in [0, 0.05) is 23.2 Å². The van der Waals surface area contributed by atoms with E-state index in [1.165, 1.54) is 10.4 Å². The topological polar surface area (TPSA) is 58.5 Å². The SMILES string of the molecule is CCNC(=NCc1ccc(C)cc1OC(C)CC)NCc1cnc(C)s1. The van der Waals surface area contributed by atoms with Crippen molar-refractivity contribution in [2.24, 2.45) is 4.99 Å². The number of hydrogen-bond acceptors (Lipinski definition) is 4. The normalized spacial score (nSPS) is 12.7. The minimum Gasteiger partial charge on any atom is -0.490 e. The number of aromatic nitrogens is 1. The molecule has 1 atom stereocenters. The molecule has 0 amide bonds. The van der Waals surface area contributed by atoms with Gasteiger partial charge in [0.25, 0.3) is 0 Å². The molecule has 26 heavy (non-hydrogen) atoms. The number of nitrogens with zero attached hydrogens (tertiary/aromatic N) is 2. The molecule has 1 aromatic heterocycles. The Bertz CT molecular complexity index is 726. The van der Waals surface area contributed by atoms with Gasteiger partial charge in [0.15, 0.2) is 5.96 Å². The number of aryl methyl sites for hydroxylation is 2. The van der Waals surface area contributed by atoms with Gasteiger partial charge in [-0.25, -0.2) is 9.98 Å². The molecule has 0 saturated carbocycles. The van der Waals surface area contributed by atoms with Crippen molar-refractivity contribution in [3.05, 3.63) is 45.4 Å². The van der Waals surface area contributed by atoms with Crippen molar-refractivity contribution in [3.8, 4) is 5.75 Å². The third-order valence-electron chi connectivity index (χ3n) is 3.98. The zero-order valence-electron chi connectivity index (χ0n) is 16.4. The number of rotatable bonds is 8. The Hall–Kier alpha value is -2.08. The smallest absolute Gasteiger partial charge is 0.191 e. The van der Waals surface area contributed by atoms with Gasteiger partial charge in [0.2, 0.25) is 0 Å². The summed E-state index contributed by atoms with van der Waals surface area (Å²) in [5.41, 5.74) is 2.29. The van der Waals surface area contributed by atoms with Crippen LogP contribution in [0.3, 0.4) is 0 Å². The molecule has 1 aromatic carbocycles. The maximum Gasteiger partial charge on any atom is 0.191 e. The van der Waals surface area contributed by atoms with Crippen LogP contribution in [-0.2, 0) is 13.1 Å². The fraction of sp³-hybridized carbons (Fsp3) is 0.500. The van der Waals surface area contributed by atoms with Crippen LogP contribution < -0.4 is 15.4 Å². The molecule has 0 saturated heterocycles. The Morgan fingerprint density at radius 3 is 2.73 bits per heavy atom. The van der Waals surface area contributed by atoms with Crippen molar-refractivity contribution < 1.29 is 4.74 Å². The first kappa shape index (κ1) is 20.2. The van der Waals surface area contributed by atoms with Crippen LogP contribution in [0.5, 0.6) is 5.75 Å². The minimum atomic E-state index is 0.195. The summed E-state index contributed by atoms with van der Waals surface area (Å²) in [6, 6.07) is 6.30. The predicted molar refractivity (Wildman–Crippen MR) is 110 cm³/mol. The molecule has 0 radical (unpaired) electrons. The average molecular weight is 375 g/mol. The lowest BCUT2D eigenvalue weighted by Gasteiger charge is -2.17. The van der Waals surface area contributed by atoms with Crippen LogP contribution in [0.25, 0.3) is 0 Å². The maximum absolute atomic E-state index is 6.08. The van der Waals surface area contributed by atoms with E-state index >= 15 is 0 Å². The first-order valence-electron chi connectivity index (χ1n) is 9.21. The van der Waals surface area contributed by atoms with Crippen molar-refractivity contribution in [2.75, 3.05) is 6.54 Å². The molecular weight excluding hydrogens is 344 g/mol. The molecule has 6 heteroatoms. The quantitative estimate of drug-likeness (QED) is 0.537. The van der Waals surface area contributed by atoms with Crippen LogP contribution in [0.2, 0.25) is 0 Å². The Labute approximate surface area is 160 Å². The molecule has 1 heterocycles. The molecule has 2 N–H and O–H groups in total. The number of nitrogens with one attached hydrogen (secondary N) is 2. The number of thiazole rings is 1. The Morgan fingerprint density at radius 2 is 2.08 bits per heavy atom. The Kier molecular flexibility index (Phi) is 7.91. The molecule has 5 nitrogen and oxygen atoms in total. The van der Waals surface area contributed by atoms with E-state index in [2.05, 4.69) is 61.5 Å².